The predicted octanol–water partition coefficient (Wildman–Crippen LogP) is 3.95. The summed E-state index contributed by atoms with van der Waals surface area (Å²) < 4.78 is 10.7. The quantitative estimate of drug-likeness (QED) is 0.452. The van der Waals surface area contributed by atoms with E-state index >= 15 is 0 Å². The van der Waals surface area contributed by atoms with E-state index in [1.54, 1.807) is 37.3 Å². The smallest absolute Gasteiger partial charge is 0.341 e. The van der Waals surface area contributed by atoms with Crippen LogP contribution >= 0.6 is 23.2 Å². The van der Waals surface area contributed by atoms with E-state index in [2.05, 4.69) is 5.32 Å². The fraction of sp³-hybridized carbons (Fsp3) is 0.190. The Morgan fingerprint density at radius 3 is 2.52 bits per heavy atom. The van der Waals surface area contributed by atoms with E-state index in [0.717, 1.165) is 10.5 Å². The van der Waals surface area contributed by atoms with Crippen molar-refractivity contribution in [3.8, 4) is 11.5 Å². The van der Waals surface area contributed by atoms with Crippen molar-refractivity contribution in [2.75, 3.05) is 13.2 Å². The Bertz CT molecular complexity index is 1050. The Kier molecular flexibility index (Phi) is 7.04. The van der Waals surface area contributed by atoms with Gasteiger partial charge in [-0.15, -0.1) is 0 Å². The second-order valence-electron chi connectivity index (χ2n) is 6.45. The van der Waals surface area contributed by atoms with Crippen LogP contribution in [0.15, 0.2) is 42.1 Å². The number of hydrogen-bond acceptors (Lipinski definition) is 5. The summed E-state index contributed by atoms with van der Waals surface area (Å²) in [6, 6.07) is 9.29. The summed E-state index contributed by atoms with van der Waals surface area (Å²) in [7, 11) is 0. The summed E-state index contributed by atoms with van der Waals surface area (Å²) in [6.45, 7) is 1.53. The number of amides is 3. The Morgan fingerprint density at radius 1 is 1.16 bits per heavy atom. The summed E-state index contributed by atoms with van der Waals surface area (Å²) in [6.07, 6.45) is 1.46. The molecule has 3 rings (SSSR count). The number of urea groups is 1. The van der Waals surface area contributed by atoms with Crippen LogP contribution in [0.5, 0.6) is 11.5 Å². The van der Waals surface area contributed by atoms with Crippen LogP contribution in [0.1, 0.15) is 18.1 Å². The summed E-state index contributed by atoms with van der Waals surface area (Å²) in [4.78, 5) is 36.9. The highest BCUT2D eigenvalue weighted by atomic mass is 35.5. The topological polar surface area (TPSA) is 105 Å². The van der Waals surface area contributed by atoms with Crippen molar-refractivity contribution in [1.29, 1.82) is 0 Å². The molecule has 0 unspecified atom stereocenters. The van der Waals surface area contributed by atoms with Gasteiger partial charge in [-0.05, 0) is 48.4 Å². The van der Waals surface area contributed by atoms with Crippen LogP contribution in [0.25, 0.3) is 6.08 Å². The number of rotatable bonds is 8. The zero-order chi connectivity index (χ0) is 22.5. The van der Waals surface area contributed by atoms with Gasteiger partial charge in [0.25, 0.3) is 5.91 Å². The molecule has 10 heteroatoms. The van der Waals surface area contributed by atoms with Gasteiger partial charge >= 0.3 is 12.0 Å². The van der Waals surface area contributed by atoms with Gasteiger partial charge in [0.2, 0.25) is 0 Å². The summed E-state index contributed by atoms with van der Waals surface area (Å²) >= 11 is 12.1. The first kappa shape index (κ1) is 22.5. The molecule has 2 N–H and O–H groups in total. The van der Waals surface area contributed by atoms with Crippen LogP contribution in [0, 0.1) is 0 Å². The number of carboxylic acids is 1. The van der Waals surface area contributed by atoms with E-state index in [4.69, 9.17) is 37.8 Å². The first-order valence-corrected chi connectivity index (χ1v) is 9.94. The van der Waals surface area contributed by atoms with Gasteiger partial charge in [0.15, 0.2) is 18.1 Å². The molecule has 1 heterocycles. The number of nitrogens with one attached hydrogen (secondary N) is 1. The second kappa shape index (κ2) is 9.72. The molecule has 1 aliphatic heterocycles. The SMILES string of the molecule is CCOc1cc(/C=C2/NC(=O)N(Cc3ccc(Cl)cc3)C2=O)cc(Cl)c1OCC(=O)O. The average Bonchev–Trinajstić information content (AvgIpc) is 2.96. The number of aliphatic carboxylic acids is 1. The molecule has 31 heavy (non-hydrogen) atoms. The minimum Gasteiger partial charge on any atom is -0.490 e. The fourth-order valence-electron chi connectivity index (χ4n) is 2.86. The molecule has 0 aromatic heterocycles. The molecule has 8 nitrogen and oxygen atoms in total. The summed E-state index contributed by atoms with van der Waals surface area (Å²) in [5.74, 6) is -1.36. The second-order valence-corrected chi connectivity index (χ2v) is 7.29. The number of carbonyl (C=O) groups is 3. The molecule has 1 fully saturated rings. The third-order valence-corrected chi connectivity index (χ3v) is 4.73. The van der Waals surface area contributed by atoms with Crippen molar-refractivity contribution in [3.05, 3.63) is 63.3 Å². The number of halogens is 2. The molecule has 0 bridgehead atoms. The third-order valence-electron chi connectivity index (χ3n) is 4.20. The molecule has 0 atom stereocenters. The molecule has 0 aliphatic carbocycles. The van der Waals surface area contributed by atoms with Crippen LogP contribution < -0.4 is 14.8 Å². The molecule has 162 valence electrons. The lowest BCUT2D eigenvalue weighted by molar-refractivity contribution is -0.139. The highest BCUT2D eigenvalue weighted by Gasteiger charge is 2.33. The van der Waals surface area contributed by atoms with Crippen LogP contribution in [0.4, 0.5) is 4.79 Å². The van der Waals surface area contributed by atoms with Crippen molar-refractivity contribution in [1.82, 2.24) is 10.2 Å². The van der Waals surface area contributed by atoms with E-state index in [9.17, 15) is 14.4 Å². The lowest BCUT2D eigenvalue weighted by Gasteiger charge is -2.13. The van der Waals surface area contributed by atoms with Gasteiger partial charge in [-0.1, -0.05) is 35.3 Å². The van der Waals surface area contributed by atoms with Crippen LogP contribution in [-0.2, 0) is 16.1 Å². The number of carboxylic acid groups (broad SMARTS) is 1. The van der Waals surface area contributed by atoms with Crippen LogP contribution in [0.2, 0.25) is 10.0 Å². The number of benzene rings is 2. The zero-order valence-electron chi connectivity index (χ0n) is 16.4. The van der Waals surface area contributed by atoms with Crippen molar-refractivity contribution in [2.45, 2.75) is 13.5 Å². The van der Waals surface area contributed by atoms with Crippen molar-refractivity contribution in [2.24, 2.45) is 0 Å². The Labute approximate surface area is 187 Å². The molecule has 0 spiro atoms. The third kappa shape index (κ3) is 5.48. The van der Waals surface area contributed by atoms with Gasteiger partial charge in [0.05, 0.1) is 18.2 Å². The maximum absolute atomic E-state index is 12.7. The highest BCUT2D eigenvalue weighted by molar-refractivity contribution is 6.32. The lowest BCUT2D eigenvalue weighted by Crippen LogP contribution is -2.30. The fourth-order valence-corrected chi connectivity index (χ4v) is 3.26. The summed E-state index contributed by atoms with van der Waals surface area (Å²) in [5, 5.41) is 12.0. The maximum atomic E-state index is 12.7. The van der Waals surface area contributed by atoms with E-state index < -0.39 is 24.5 Å². The minimum atomic E-state index is -1.16. The molecular formula is C21H18Cl2N2O6. The molecular weight excluding hydrogens is 447 g/mol. The van der Waals surface area contributed by atoms with Crippen molar-refractivity contribution in [3.63, 3.8) is 0 Å². The Morgan fingerprint density at radius 2 is 1.87 bits per heavy atom. The first-order valence-electron chi connectivity index (χ1n) is 9.18. The largest absolute Gasteiger partial charge is 0.490 e. The molecule has 2 aromatic rings. The van der Waals surface area contributed by atoms with E-state index in [1.807, 2.05) is 0 Å². The van der Waals surface area contributed by atoms with Gasteiger partial charge in [0, 0.05) is 5.02 Å². The van der Waals surface area contributed by atoms with Gasteiger partial charge in [-0.25, -0.2) is 9.59 Å². The van der Waals surface area contributed by atoms with Gasteiger partial charge in [-0.2, -0.15) is 0 Å². The molecule has 3 amide bonds. The molecule has 1 aliphatic rings. The number of imide groups is 1. The minimum absolute atomic E-state index is 0.0664. The summed E-state index contributed by atoms with van der Waals surface area (Å²) in [5.41, 5.74) is 1.28. The normalized spacial score (nSPS) is 14.7. The van der Waals surface area contributed by atoms with Gasteiger partial charge in [-0.3, -0.25) is 9.69 Å². The Balaban J connectivity index is 1.85. The first-order chi connectivity index (χ1) is 14.8. The van der Waals surface area contributed by atoms with E-state index in [1.165, 1.54) is 12.1 Å². The average molecular weight is 465 g/mol. The molecule has 1 saturated heterocycles. The van der Waals surface area contributed by atoms with Crippen LogP contribution in [-0.4, -0.2) is 41.1 Å². The Hall–Kier alpha value is -3.23. The highest BCUT2D eigenvalue weighted by Crippen LogP contribution is 2.37. The predicted molar refractivity (Wildman–Crippen MR) is 114 cm³/mol. The van der Waals surface area contributed by atoms with Crippen molar-refractivity contribution >= 4 is 47.2 Å². The molecule has 2 aromatic carbocycles. The lowest BCUT2D eigenvalue weighted by atomic mass is 10.1. The zero-order valence-corrected chi connectivity index (χ0v) is 17.9. The number of hydrogen-bond donors (Lipinski definition) is 2. The van der Waals surface area contributed by atoms with Gasteiger partial charge < -0.3 is 19.9 Å². The monoisotopic (exact) mass is 464 g/mol. The standard InChI is InChI=1S/C21H18Cl2N2O6/c1-2-30-17-9-13(7-15(23)19(17)31-11-18(26)27)8-16-20(28)25(21(29)24-16)10-12-3-5-14(22)6-4-12/h3-9H,2,10-11H2,1H3,(H,24,29)(H,26,27)/b16-8+. The number of carbonyl (C=O) groups excluding carboxylic acids is 2. The number of nitrogens with zero attached hydrogens (tertiary/aromatic N) is 1. The van der Waals surface area contributed by atoms with E-state index in [0.29, 0.717) is 10.6 Å². The van der Waals surface area contributed by atoms with Gasteiger partial charge in [0.1, 0.15) is 5.70 Å². The number of ether oxygens (including phenoxy) is 2. The van der Waals surface area contributed by atoms with Crippen LogP contribution in [0.3, 0.4) is 0 Å². The van der Waals surface area contributed by atoms with E-state index in [-0.39, 0.29) is 35.4 Å². The molecule has 0 saturated carbocycles. The maximum Gasteiger partial charge on any atom is 0.341 e. The van der Waals surface area contributed by atoms with Crippen molar-refractivity contribution < 1.29 is 29.0 Å². The molecule has 0 radical (unpaired) electrons.